The summed E-state index contributed by atoms with van der Waals surface area (Å²) in [5.41, 5.74) is -0.404. The predicted octanol–water partition coefficient (Wildman–Crippen LogP) is 1.44. The van der Waals surface area contributed by atoms with Crippen LogP contribution in [0.5, 0.6) is 0 Å². The molecule has 0 aromatic heterocycles. The minimum absolute atomic E-state index is 0.232. The van der Waals surface area contributed by atoms with Crippen molar-refractivity contribution in [1.82, 2.24) is 5.32 Å². The van der Waals surface area contributed by atoms with E-state index in [2.05, 4.69) is 5.32 Å². The molecule has 0 radical (unpaired) electrons. The zero-order chi connectivity index (χ0) is 16.5. The second kappa shape index (κ2) is 5.51. The molecule has 120 valence electrons. The van der Waals surface area contributed by atoms with E-state index >= 15 is 0 Å². The molecular weight excluding hydrogens is 286 g/mol. The largest absolute Gasteiger partial charge is 0.500 e. The van der Waals surface area contributed by atoms with Gasteiger partial charge in [-0.2, -0.15) is 0 Å². The van der Waals surface area contributed by atoms with E-state index in [0.29, 0.717) is 17.9 Å². The summed E-state index contributed by atoms with van der Waals surface area (Å²) >= 11 is 0. The molecule has 1 atom stereocenters. The molecule has 1 unspecified atom stereocenters. The van der Waals surface area contributed by atoms with Gasteiger partial charge in [0.25, 0.3) is 0 Å². The van der Waals surface area contributed by atoms with Crippen LogP contribution in [0.15, 0.2) is 35.4 Å². The fourth-order valence-corrected chi connectivity index (χ4v) is 3.09. The summed E-state index contributed by atoms with van der Waals surface area (Å²) in [4.78, 5) is 23.7. The average Bonchev–Trinajstić information content (AvgIpc) is 2.71. The smallest absolute Gasteiger partial charge is 0.332 e. The molecule has 0 bridgehead atoms. The summed E-state index contributed by atoms with van der Waals surface area (Å²) in [6, 6.07) is 0. The van der Waals surface area contributed by atoms with Crippen molar-refractivity contribution in [2.24, 2.45) is 5.41 Å². The SMILES string of the molecule is COC(=O)/C=C1\NC(C)(C)CC12C=C(OC)C(=O)C=C2OC. The van der Waals surface area contributed by atoms with Crippen LogP contribution in [0.25, 0.3) is 0 Å². The van der Waals surface area contributed by atoms with Gasteiger partial charge in [-0.15, -0.1) is 0 Å². The number of ketones is 1. The van der Waals surface area contributed by atoms with Gasteiger partial charge < -0.3 is 19.5 Å². The highest BCUT2D eigenvalue weighted by Crippen LogP contribution is 2.51. The van der Waals surface area contributed by atoms with Gasteiger partial charge in [0.05, 0.1) is 26.7 Å². The topological polar surface area (TPSA) is 73.9 Å². The van der Waals surface area contributed by atoms with Gasteiger partial charge in [0.2, 0.25) is 5.78 Å². The Morgan fingerprint density at radius 2 is 1.95 bits per heavy atom. The highest BCUT2D eigenvalue weighted by atomic mass is 16.5. The summed E-state index contributed by atoms with van der Waals surface area (Å²) in [5.74, 6) is -0.0195. The van der Waals surface area contributed by atoms with Gasteiger partial charge in [0.15, 0.2) is 5.76 Å². The van der Waals surface area contributed by atoms with Crippen molar-refractivity contribution in [3.63, 3.8) is 0 Å². The Bertz CT molecular complexity index is 600. The second-order valence-electron chi connectivity index (χ2n) is 6.03. The number of allylic oxidation sites excluding steroid dienone is 1. The van der Waals surface area contributed by atoms with Crippen molar-refractivity contribution in [1.29, 1.82) is 0 Å². The lowest BCUT2D eigenvalue weighted by atomic mass is 9.74. The molecule has 2 rings (SSSR count). The van der Waals surface area contributed by atoms with Gasteiger partial charge in [0, 0.05) is 23.4 Å². The van der Waals surface area contributed by atoms with Crippen molar-refractivity contribution < 1.29 is 23.8 Å². The maximum absolute atomic E-state index is 12.0. The monoisotopic (exact) mass is 307 g/mol. The number of rotatable bonds is 3. The predicted molar refractivity (Wildman–Crippen MR) is 79.6 cm³/mol. The third kappa shape index (κ3) is 2.61. The number of hydrogen-bond donors (Lipinski definition) is 1. The first kappa shape index (κ1) is 16.1. The number of ether oxygens (including phenoxy) is 3. The van der Waals surface area contributed by atoms with E-state index in [1.807, 2.05) is 13.8 Å². The van der Waals surface area contributed by atoms with Crippen molar-refractivity contribution >= 4 is 11.8 Å². The van der Waals surface area contributed by atoms with E-state index in [4.69, 9.17) is 14.2 Å². The summed E-state index contributed by atoms with van der Waals surface area (Å²) < 4.78 is 15.3. The zero-order valence-corrected chi connectivity index (χ0v) is 13.5. The van der Waals surface area contributed by atoms with Gasteiger partial charge in [-0.05, 0) is 26.3 Å². The van der Waals surface area contributed by atoms with Crippen molar-refractivity contribution in [2.45, 2.75) is 25.8 Å². The third-order valence-corrected chi connectivity index (χ3v) is 3.90. The summed E-state index contributed by atoms with van der Waals surface area (Å²) in [6.45, 7) is 4.02. The van der Waals surface area contributed by atoms with Crippen LogP contribution >= 0.6 is 0 Å². The van der Waals surface area contributed by atoms with E-state index in [1.165, 1.54) is 33.5 Å². The van der Waals surface area contributed by atoms with Crippen molar-refractivity contribution in [3.05, 3.63) is 35.4 Å². The first-order valence-corrected chi connectivity index (χ1v) is 6.93. The molecular formula is C16H21NO5. The first-order chi connectivity index (χ1) is 10.3. The molecule has 1 heterocycles. The normalized spacial score (nSPS) is 28.0. The molecule has 6 nitrogen and oxygen atoms in total. The Morgan fingerprint density at radius 3 is 2.50 bits per heavy atom. The zero-order valence-electron chi connectivity index (χ0n) is 13.5. The highest BCUT2D eigenvalue weighted by molar-refractivity contribution is 6.04. The molecule has 1 aliphatic heterocycles. The number of methoxy groups -OCH3 is 3. The standard InChI is InChI=1S/C16H21NO5/c1-15(2)9-16(12(17-15)7-14(19)22-5)8-11(20-3)10(18)6-13(16)21-4/h6-8,17H,9H2,1-5H3/b12-7-. The Kier molecular flexibility index (Phi) is 4.04. The van der Waals surface area contributed by atoms with Crippen LogP contribution in [0.1, 0.15) is 20.3 Å². The number of carbonyl (C=O) groups excluding carboxylic acids is 2. The fourth-order valence-electron chi connectivity index (χ4n) is 3.09. The molecule has 1 saturated heterocycles. The average molecular weight is 307 g/mol. The van der Waals surface area contributed by atoms with Gasteiger partial charge in [0.1, 0.15) is 5.76 Å². The molecule has 1 N–H and O–H groups in total. The van der Waals surface area contributed by atoms with Crippen molar-refractivity contribution in [3.8, 4) is 0 Å². The van der Waals surface area contributed by atoms with Crippen LogP contribution < -0.4 is 5.32 Å². The highest BCUT2D eigenvalue weighted by Gasteiger charge is 2.52. The number of hydrogen-bond acceptors (Lipinski definition) is 6. The third-order valence-electron chi connectivity index (χ3n) is 3.90. The van der Waals surface area contributed by atoms with E-state index in [0.717, 1.165) is 0 Å². The van der Waals surface area contributed by atoms with Crippen LogP contribution in [-0.4, -0.2) is 38.6 Å². The Morgan fingerprint density at radius 1 is 1.27 bits per heavy atom. The van der Waals surface area contributed by atoms with Crippen LogP contribution in [0.3, 0.4) is 0 Å². The molecule has 22 heavy (non-hydrogen) atoms. The van der Waals surface area contributed by atoms with Crippen LogP contribution in [0.2, 0.25) is 0 Å². The fraction of sp³-hybridized carbons (Fsp3) is 0.500. The molecule has 1 spiro atoms. The molecule has 0 aromatic rings. The van der Waals surface area contributed by atoms with Gasteiger partial charge in [-0.25, -0.2) is 4.79 Å². The summed E-state index contributed by atoms with van der Waals surface area (Å²) in [5, 5.41) is 3.31. The molecule has 2 aliphatic rings. The Balaban J connectivity index is 2.62. The Hall–Kier alpha value is -2.24. The molecule has 1 aliphatic carbocycles. The number of carbonyl (C=O) groups is 2. The molecule has 6 heteroatoms. The van der Waals surface area contributed by atoms with Crippen LogP contribution in [0, 0.1) is 5.41 Å². The van der Waals surface area contributed by atoms with Gasteiger partial charge >= 0.3 is 5.97 Å². The molecule has 0 aromatic carbocycles. The molecule has 0 saturated carbocycles. The van der Waals surface area contributed by atoms with Crippen LogP contribution in [-0.2, 0) is 23.8 Å². The van der Waals surface area contributed by atoms with Crippen LogP contribution in [0.4, 0.5) is 0 Å². The molecule has 0 amide bonds. The quantitative estimate of drug-likeness (QED) is 0.628. The summed E-state index contributed by atoms with van der Waals surface area (Å²) in [7, 11) is 4.27. The lowest BCUT2D eigenvalue weighted by Gasteiger charge is -2.31. The minimum atomic E-state index is -0.744. The summed E-state index contributed by atoms with van der Waals surface area (Å²) in [6.07, 6.45) is 5.13. The maximum atomic E-state index is 12.0. The number of nitrogens with one attached hydrogen (secondary N) is 1. The van der Waals surface area contributed by atoms with E-state index < -0.39 is 11.4 Å². The maximum Gasteiger partial charge on any atom is 0.332 e. The van der Waals surface area contributed by atoms with E-state index in [9.17, 15) is 9.59 Å². The number of esters is 1. The lowest BCUT2D eigenvalue weighted by Crippen LogP contribution is -2.31. The molecule has 1 fully saturated rings. The van der Waals surface area contributed by atoms with Gasteiger partial charge in [-0.3, -0.25) is 4.79 Å². The van der Waals surface area contributed by atoms with Gasteiger partial charge in [-0.1, -0.05) is 0 Å². The van der Waals surface area contributed by atoms with E-state index in [1.54, 1.807) is 6.08 Å². The second-order valence-corrected chi connectivity index (χ2v) is 6.03. The lowest BCUT2D eigenvalue weighted by molar-refractivity contribution is -0.134. The van der Waals surface area contributed by atoms with Crippen molar-refractivity contribution in [2.75, 3.05) is 21.3 Å². The minimum Gasteiger partial charge on any atom is -0.500 e. The first-order valence-electron chi connectivity index (χ1n) is 6.93. The Labute approximate surface area is 129 Å². The van der Waals surface area contributed by atoms with E-state index in [-0.39, 0.29) is 17.1 Å².